The highest BCUT2D eigenvalue weighted by Crippen LogP contribution is 2.34. The van der Waals surface area contributed by atoms with E-state index in [1.807, 2.05) is 12.1 Å². The van der Waals surface area contributed by atoms with Crippen molar-refractivity contribution in [3.05, 3.63) is 45.8 Å². The van der Waals surface area contributed by atoms with Crippen LogP contribution in [0.2, 0.25) is 0 Å². The highest BCUT2D eigenvalue weighted by atomic mass is 16.4. The molecule has 98 valence electrons. The summed E-state index contributed by atoms with van der Waals surface area (Å²) in [5.41, 5.74) is 1.20. The number of hydrogen-bond acceptors (Lipinski definition) is 3. The molecular weight excluding hydrogens is 244 g/mol. The lowest BCUT2D eigenvalue weighted by Crippen LogP contribution is -2.07. The molecule has 19 heavy (non-hydrogen) atoms. The lowest BCUT2D eigenvalue weighted by atomic mass is 9.96. The molecule has 1 aliphatic rings. The Hall–Kier alpha value is -2.10. The van der Waals surface area contributed by atoms with Crippen LogP contribution in [-0.4, -0.2) is 11.1 Å². The average Bonchev–Trinajstić information content (AvgIpc) is 2.92. The van der Waals surface area contributed by atoms with E-state index in [9.17, 15) is 9.59 Å². The molecule has 1 aromatic carbocycles. The molecular formula is C15H14O4. The van der Waals surface area contributed by atoms with E-state index in [0.717, 1.165) is 24.5 Å². The predicted octanol–water partition coefficient (Wildman–Crippen LogP) is 3.15. The van der Waals surface area contributed by atoms with E-state index in [1.54, 1.807) is 6.07 Å². The molecule has 1 fully saturated rings. The van der Waals surface area contributed by atoms with E-state index in [-0.39, 0.29) is 11.2 Å². The predicted molar refractivity (Wildman–Crippen MR) is 70.7 cm³/mol. The van der Waals surface area contributed by atoms with Gasteiger partial charge in [-0.1, -0.05) is 18.9 Å². The van der Waals surface area contributed by atoms with Crippen LogP contribution >= 0.6 is 0 Å². The quantitative estimate of drug-likeness (QED) is 0.898. The number of hydrogen-bond donors (Lipinski definition) is 1. The molecule has 4 nitrogen and oxygen atoms in total. The smallest absolute Gasteiger partial charge is 0.371 e. The molecule has 0 saturated heterocycles. The average molecular weight is 258 g/mol. The Morgan fingerprint density at radius 1 is 1.21 bits per heavy atom. The molecule has 1 heterocycles. The minimum atomic E-state index is -1.22. The van der Waals surface area contributed by atoms with E-state index >= 15 is 0 Å². The molecule has 0 unspecified atom stereocenters. The molecule has 0 atom stereocenters. The Bertz CT molecular complexity index is 693. The zero-order valence-electron chi connectivity index (χ0n) is 10.4. The van der Waals surface area contributed by atoms with Crippen LogP contribution < -0.4 is 5.43 Å². The second-order valence-electron chi connectivity index (χ2n) is 5.02. The van der Waals surface area contributed by atoms with E-state index < -0.39 is 5.97 Å². The first-order chi connectivity index (χ1) is 9.15. The minimum absolute atomic E-state index is 0.293. The van der Waals surface area contributed by atoms with Gasteiger partial charge in [0.2, 0.25) is 5.76 Å². The standard InChI is InChI=1S/C15H14O4/c16-12-8-14(15(17)18)19-13-6-5-10(7-11(12)13)9-3-1-2-4-9/h5-9H,1-4H2,(H,17,18). The van der Waals surface area contributed by atoms with Crippen molar-refractivity contribution in [1.82, 2.24) is 0 Å². The van der Waals surface area contributed by atoms with Crippen molar-refractivity contribution < 1.29 is 14.3 Å². The number of fused-ring (bicyclic) bond motifs is 1. The third-order valence-electron chi connectivity index (χ3n) is 3.79. The van der Waals surface area contributed by atoms with Crippen molar-refractivity contribution in [2.24, 2.45) is 0 Å². The molecule has 3 rings (SSSR count). The zero-order valence-corrected chi connectivity index (χ0v) is 10.4. The van der Waals surface area contributed by atoms with Crippen LogP contribution in [0, 0.1) is 0 Å². The molecule has 1 saturated carbocycles. The lowest BCUT2D eigenvalue weighted by Gasteiger charge is -2.09. The topological polar surface area (TPSA) is 67.5 Å². The van der Waals surface area contributed by atoms with Crippen molar-refractivity contribution in [3.63, 3.8) is 0 Å². The number of aromatic carboxylic acids is 1. The van der Waals surface area contributed by atoms with E-state index in [4.69, 9.17) is 9.52 Å². The maximum absolute atomic E-state index is 11.9. The molecule has 0 spiro atoms. The van der Waals surface area contributed by atoms with Crippen molar-refractivity contribution in [2.75, 3.05) is 0 Å². The highest BCUT2D eigenvalue weighted by molar-refractivity contribution is 5.87. The van der Waals surface area contributed by atoms with Gasteiger partial charge in [-0.15, -0.1) is 0 Å². The molecule has 1 N–H and O–H groups in total. The number of rotatable bonds is 2. The van der Waals surface area contributed by atoms with Gasteiger partial charge in [0, 0.05) is 6.07 Å². The molecule has 4 heteroatoms. The molecule has 1 aromatic heterocycles. The van der Waals surface area contributed by atoms with Gasteiger partial charge in [0.15, 0.2) is 5.43 Å². The van der Waals surface area contributed by atoms with Crippen molar-refractivity contribution in [1.29, 1.82) is 0 Å². The van der Waals surface area contributed by atoms with E-state index in [1.165, 1.54) is 12.8 Å². The number of carboxylic acids is 1. The zero-order chi connectivity index (χ0) is 13.4. The first-order valence-electron chi connectivity index (χ1n) is 6.46. The van der Waals surface area contributed by atoms with Crippen LogP contribution in [0.3, 0.4) is 0 Å². The highest BCUT2D eigenvalue weighted by Gasteiger charge is 2.18. The Morgan fingerprint density at radius 3 is 2.63 bits per heavy atom. The first-order valence-corrected chi connectivity index (χ1v) is 6.46. The maximum Gasteiger partial charge on any atom is 0.371 e. The SMILES string of the molecule is O=C(O)c1cc(=O)c2cc(C3CCCC3)ccc2o1. The monoisotopic (exact) mass is 258 g/mol. The van der Waals surface area contributed by atoms with Crippen LogP contribution in [0.15, 0.2) is 33.5 Å². The molecule has 0 amide bonds. The Labute approximate surface area is 109 Å². The van der Waals surface area contributed by atoms with Gasteiger partial charge in [0.25, 0.3) is 0 Å². The summed E-state index contributed by atoms with van der Waals surface area (Å²) in [6, 6.07) is 6.54. The summed E-state index contributed by atoms with van der Waals surface area (Å²) in [6.45, 7) is 0. The third-order valence-corrected chi connectivity index (χ3v) is 3.79. The summed E-state index contributed by atoms with van der Waals surface area (Å²) in [6.07, 6.45) is 4.78. The van der Waals surface area contributed by atoms with Crippen LogP contribution in [0.5, 0.6) is 0 Å². The van der Waals surface area contributed by atoms with Gasteiger partial charge in [-0.05, 0) is 36.5 Å². The van der Waals surface area contributed by atoms with Gasteiger partial charge >= 0.3 is 5.97 Å². The largest absolute Gasteiger partial charge is 0.475 e. The maximum atomic E-state index is 11.9. The van der Waals surface area contributed by atoms with Gasteiger partial charge in [-0.2, -0.15) is 0 Å². The fourth-order valence-electron chi connectivity index (χ4n) is 2.79. The van der Waals surface area contributed by atoms with Crippen molar-refractivity contribution in [3.8, 4) is 0 Å². The van der Waals surface area contributed by atoms with E-state index in [2.05, 4.69) is 0 Å². The molecule has 0 aliphatic heterocycles. The Kier molecular flexibility index (Phi) is 2.85. The summed E-state index contributed by atoms with van der Waals surface area (Å²) in [4.78, 5) is 22.8. The lowest BCUT2D eigenvalue weighted by molar-refractivity contribution is 0.0663. The fourth-order valence-corrected chi connectivity index (χ4v) is 2.79. The minimum Gasteiger partial charge on any atom is -0.475 e. The molecule has 0 radical (unpaired) electrons. The Balaban J connectivity index is 2.13. The van der Waals surface area contributed by atoms with Gasteiger partial charge in [-0.25, -0.2) is 4.79 Å². The first kappa shape index (κ1) is 12.0. The second kappa shape index (κ2) is 4.53. The van der Waals surface area contributed by atoms with Crippen LogP contribution in [0.25, 0.3) is 11.0 Å². The summed E-state index contributed by atoms with van der Waals surface area (Å²) < 4.78 is 5.22. The van der Waals surface area contributed by atoms with Gasteiger partial charge < -0.3 is 9.52 Å². The fraction of sp³-hybridized carbons (Fsp3) is 0.333. The Morgan fingerprint density at radius 2 is 1.95 bits per heavy atom. The van der Waals surface area contributed by atoms with Crippen molar-refractivity contribution in [2.45, 2.75) is 31.6 Å². The second-order valence-corrected chi connectivity index (χ2v) is 5.02. The summed E-state index contributed by atoms with van der Waals surface area (Å²) >= 11 is 0. The van der Waals surface area contributed by atoms with Gasteiger partial charge in [-0.3, -0.25) is 4.79 Å². The number of carbonyl (C=O) groups is 1. The third kappa shape index (κ3) is 2.14. The van der Waals surface area contributed by atoms with Gasteiger partial charge in [0.1, 0.15) is 5.58 Å². The summed E-state index contributed by atoms with van der Waals surface area (Å²) in [5.74, 6) is -1.02. The van der Waals surface area contributed by atoms with Crippen LogP contribution in [0.4, 0.5) is 0 Å². The molecule has 2 aromatic rings. The molecule has 1 aliphatic carbocycles. The summed E-state index contributed by atoms with van der Waals surface area (Å²) in [7, 11) is 0. The van der Waals surface area contributed by atoms with E-state index in [0.29, 0.717) is 16.9 Å². The van der Waals surface area contributed by atoms with Crippen LogP contribution in [-0.2, 0) is 0 Å². The van der Waals surface area contributed by atoms with Gasteiger partial charge in [0.05, 0.1) is 5.39 Å². The number of carboxylic acid groups (broad SMARTS) is 1. The van der Waals surface area contributed by atoms with Crippen molar-refractivity contribution >= 4 is 16.9 Å². The number of benzene rings is 1. The van der Waals surface area contributed by atoms with Crippen LogP contribution in [0.1, 0.15) is 47.7 Å². The summed E-state index contributed by atoms with van der Waals surface area (Å²) in [5, 5.41) is 9.33. The molecule has 0 bridgehead atoms. The normalized spacial score (nSPS) is 16.0.